The average Bonchev–Trinajstić information content (AvgIpc) is 2.15. The number of hydrogen-bond donors (Lipinski definition) is 0. The van der Waals surface area contributed by atoms with Gasteiger partial charge in [0.15, 0.2) is 5.78 Å². The van der Waals surface area contributed by atoms with E-state index in [1.807, 2.05) is 0 Å². The zero-order valence-electron chi connectivity index (χ0n) is 8.67. The van der Waals surface area contributed by atoms with E-state index in [2.05, 4.69) is 20.7 Å². The number of aryl methyl sites for hydroxylation is 1. The van der Waals surface area contributed by atoms with Crippen LogP contribution >= 0.6 is 15.9 Å². The minimum Gasteiger partial charge on any atom is -0.435 e. The number of alkyl halides is 3. The minimum atomic E-state index is -2.87. The molecule has 0 aromatic heterocycles. The van der Waals surface area contributed by atoms with Gasteiger partial charge in [0, 0.05) is 17.3 Å². The third kappa shape index (κ3) is 3.89. The summed E-state index contributed by atoms with van der Waals surface area (Å²) in [5.74, 6) is -0.0763. The highest BCUT2D eigenvalue weighted by molar-refractivity contribution is 9.09. The lowest BCUT2D eigenvalue weighted by Crippen LogP contribution is -2.05. The van der Waals surface area contributed by atoms with Gasteiger partial charge in [-0.2, -0.15) is 8.78 Å². The second-order valence-corrected chi connectivity index (χ2v) is 4.07. The molecule has 0 atom stereocenters. The van der Waals surface area contributed by atoms with E-state index in [-0.39, 0.29) is 11.5 Å². The van der Waals surface area contributed by atoms with Crippen LogP contribution in [-0.2, 0) is 0 Å². The molecule has 0 unspecified atom stereocenters. The molecule has 88 valence electrons. The molecule has 1 rings (SSSR count). The summed E-state index contributed by atoms with van der Waals surface area (Å²) in [4.78, 5) is 11.6. The van der Waals surface area contributed by atoms with Gasteiger partial charge >= 0.3 is 6.61 Å². The third-order valence-electron chi connectivity index (χ3n) is 1.92. The Labute approximate surface area is 101 Å². The van der Waals surface area contributed by atoms with Crippen LogP contribution in [0.1, 0.15) is 22.3 Å². The van der Waals surface area contributed by atoms with Crippen molar-refractivity contribution in [3.05, 3.63) is 29.3 Å². The van der Waals surface area contributed by atoms with E-state index >= 15 is 0 Å². The fraction of sp³-hybridized carbons (Fsp3) is 0.364. The number of carbonyl (C=O) groups is 1. The van der Waals surface area contributed by atoms with E-state index in [4.69, 9.17) is 0 Å². The molecule has 0 saturated carbocycles. The number of carbonyl (C=O) groups excluding carboxylic acids is 1. The van der Waals surface area contributed by atoms with Crippen molar-refractivity contribution in [3.8, 4) is 5.75 Å². The normalized spacial score (nSPS) is 10.6. The van der Waals surface area contributed by atoms with E-state index < -0.39 is 6.61 Å². The van der Waals surface area contributed by atoms with E-state index in [0.29, 0.717) is 17.3 Å². The maximum atomic E-state index is 12.0. The lowest BCUT2D eigenvalue weighted by Gasteiger charge is -2.07. The van der Waals surface area contributed by atoms with Crippen molar-refractivity contribution >= 4 is 21.7 Å². The topological polar surface area (TPSA) is 26.3 Å². The van der Waals surface area contributed by atoms with E-state index in [1.54, 1.807) is 13.0 Å². The molecule has 0 saturated heterocycles. The zero-order valence-corrected chi connectivity index (χ0v) is 10.3. The van der Waals surface area contributed by atoms with Gasteiger partial charge in [-0.15, -0.1) is 0 Å². The van der Waals surface area contributed by atoms with E-state index in [0.717, 1.165) is 5.56 Å². The average molecular weight is 293 g/mol. The number of halogens is 3. The predicted octanol–water partition coefficient (Wildman–Crippen LogP) is 3.56. The quantitative estimate of drug-likeness (QED) is 0.613. The van der Waals surface area contributed by atoms with E-state index in [9.17, 15) is 13.6 Å². The number of Topliss-reactive ketones (excluding diaryl/α,β-unsaturated/α-hetero) is 1. The molecule has 0 spiro atoms. The highest BCUT2D eigenvalue weighted by atomic mass is 79.9. The van der Waals surface area contributed by atoms with Gasteiger partial charge in [0.2, 0.25) is 0 Å². The van der Waals surface area contributed by atoms with Crippen molar-refractivity contribution in [3.63, 3.8) is 0 Å². The predicted molar refractivity (Wildman–Crippen MR) is 60.6 cm³/mol. The van der Waals surface area contributed by atoms with Gasteiger partial charge in [0.1, 0.15) is 5.75 Å². The first-order valence-corrected chi connectivity index (χ1v) is 5.80. The van der Waals surface area contributed by atoms with Crippen molar-refractivity contribution in [2.75, 3.05) is 5.33 Å². The summed E-state index contributed by atoms with van der Waals surface area (Å²) in [5, 5.41) is 0.546. The molecular weight excluding hydrogens is 282 g/mol. The van der Waals surface area contributed by atoms with Crippen molar-refractivity contribution in [2.45, 2.75) is 20.0 Å². The van der Waals surface area contributed by atoms with Crippen LogP contribution in [0.4, 0.5) is 8.78 Å². The van der Waals surface area contributed by atoms with Crippen LogP contribution in [0.3, 0.4) is 0 Å². The lowest BCUT2D eigenvalue weighted by atomic mass is 10.1. The van der Waals surface area contributed by atoms with Gasteiger partial charge in [0.05, 0.1) is 0 Å². The molecule has 0 radical (unpaired) electrons. The number of ketones is 1. The Bertz CT molecular complexity index is 380. The first kappa shape index (κ1) is 13.1. The monoisotopic (exact) mass is 292 g/mol. The van der Waals surface area contributed by atoms with Gasteiger partial charge in [-0.05, 0) is 30.7 Å². The van der Waals surface area contributed by atoms with Crippen molar-refractivity contribution in [1.29, 1.82) is 0 Å². The fourth-order valence-corrected chi connectivity index (χ4v) is 1.67. The molecule has 1 aromatic rings. The molecule has 5 heteroatoms. The summed E-state index contributed by atoms with van der Waals surface area (Å²) >= 11 is 3.15. The second-order valence-electron chi connectivity index (χ2n) is 3.28. The molecular formula is C11H11BrF2O2. The molecule has 0 aliphatic rings. The highest BCUT2D eigenvalue weighted by Crippen LogP contribution is 2.20. The summed E-state index contributed by atoms with van der Waals surface area (Å²) < 4.78 is 28.3. The number of rotatable bonds is 5. The zero-order chi connectivity index (χ0) is 12.1. The Kier molecular flexibility index (Phi) is 4.86. The molecule has 1 aromatic carbocycles. The maximum absolute atomic E-state index is 12.0. The third-order valence-corrected chi connectivity index (χ3v) is 2.32. The standard InChI is InChI=1S/C11H11BrF2O2/c1-7-4-8(10(15)2-3-12)6-9(5-7)16-11(13)14/h4-6,11H,2-3H2,1H3. The van der Waals surface area contributed by atoms with Gasteiger partial charge in [-0.1, -0.05) is 15.9 Å². The summed E-state index contributed by atoms with van der Waals surface area (Å²) in [7, 11) is 0. The van der Waals surface area contributed by atoms with Crippen LogP contribution in [0.2, 0.25) is 0 Å². The first-order valence-electron chi connectivity index (χ1n) is 4.68. The molecule has 0 aliphatic carbocycles. The highest BCUT2D eigenvalue weighted by Gasteiger charge is 2.10. The minimum absolute atomic E-state index is 0.0212. The number of ether oxygens (including phenoxy) is 1. The van der Waals surface area contributed by atoms with Crippen molar-refractivity contribution in [1.82, 2.24) is 0 Å². The van der Waals surface area contributed by atoms with Gasteiger partial charge in [0.25, 0.3) is 0 Å². The molecule has 0 bridgehead atoms. The smallest absolute Gasteiger partial charge is 0.387 e. The summed E-state index contributed by atoms with van der Waals surface area (Å²) in [6.07, 6.45) is 0.331. The Balaban J connectivity index is 2.93. The molecule has 2 nitrogen and oxygen atoms in total. The fourth-order valence-electron chi connectivity index (χ4n) is 1.31. The molecule has 0 amide bonds. The Morgan fingerprint density at radius 3 is 2.69 bits per heavy atom. The summed E-state index contributed by atoms with van der Waals surface area (Å²) in [6.45, 7) is -1.15. The Morgan fingerprint density at radius 2 is 2.12 bits per heavy atom. The number of hydrogen-bond acceptors (Lipinski definition) is 2. The first-order chi connectivity index (χ1) is 7.52. The van der Waals surface area contributed by atoms with Crippen LogP contribution in [-0.4, -0.2) is 17.7 Å². The van der Waals surface area contributed by atoms with E-state index in [1.165, 1.54) is 12.1 Å². The van der Waals surface area contributed by atoms with Crippen molar-refractivity contribution < 1.29 is 18.3 Å². The summed E-state index contributed by atoms with van der Waals surface area (Å²) in [6, 6.07) is 4.46. The van der Waals surface area contributed by atoms with Gasteiger partial charge < -0.3 is 4.74 Å². The lowest BCUT2D eigenvalue weighted by molar-refractivity contribution is -0.0499. The summed E-state index contributed by atoms with van der Waals surface area (Å²) in [5.41, 5.74) is 1.12. The van der Waals surface area contributed by atoms with Gasteiger partial charge in [-0.3, -0.25) is 4.79 Å². The van der Waals surface area contributed by atoms with Crippen molar-refractivity contribution in [2.24, 2.45) is 0 Å². The molecule has 16 heavy (non-hydrogen) atoms. The SMILES string of the molecule is Cc1cc(OC(F)F)cc(C(=O)CCBr)c1. The molecule has 0 N–H and O–H groups in total. The Hall–Kier alpha value is -0.970. The Morgan fingerprint density at radius 1 is 1.44 bits per heavy atom. The van der Waals surface area contributed by atoms with Crippen LogP contribution in [0, 0.1) is 6.92 Å². The molecule has 0 aliphatic heterocycles. The maximum Gasteiger partial charge on any atom is 0.387 e. The largest absolute Gasteiger partial charge is 0.435 e. The van der Waals surface area contributed by atoms with Crippen LogP contribution in [0.15, 0.2) is 18.2 Å². The second kappa shape index (κ2) is 5.94. The number of benzene rings is 1. The van der Waals surface area contributed by atoms with Crippen LogP contribution in [0.25, 0.3) is 0 Å². The van der Waals surface area contributed by atoms with Crippen LogP contribution in [0.5, 0.6) is 5.75 Å². The molecule has 0 fully saturated rings. The molecule has 0 heterocycles. The van der Waals surface area contributed by atoms with Crippen LogP contribution < -0.4 is 4.74 Å². The van der Waals surface area contributed by atoms with Gasteiger partial charge in [-0.25, -0.2) is 0 Å².